The van der Waals surface area contributed by atoms with Crippen molar-refractivity contribution in [2.75, 3.05) is 20.8 Å². The molecule has 19 heavy (non-hydrogen) atoms. The van der Waals surface area contributed by atoms with Crippen LogP contribution >= 0.6 is 0 Å². The van der Waals surface area contributed by atoms with Gasteiger partial charge in [0, 0.05) is 19.5 Å². The molecule has 0 spiro atoms. The fourth-order valence-corrected chi connectivity index (χ4v) is 2.26. The summed E-state index contributed by atoms with van der Waals surface area (Å²) in [4.78, 5) is 8.64. The third-order valence-corrected chi connectivity index (χ3v) is 3.01. The third kappa shape index (κ3) is 3.88. The van der Waals surface area contributed by atoms with Crippen LogP contribution in [0.5, 0.6) is 5.88 Å². The minimum absolute atomic E-state index is 0.0237. The predicted molar refractivity (Wildman–Crippen MR) is 75.3 cm³/mol. The number of hydrogen-bond acceptors (Lipinski definition) is 5. The number of methoxy groups -OCH3 is 2. The largest absolute Gasteiger partial charge is 0.480 e. The molecule has 1 rings (SSSR count). The number of aromatic nitrogens is 2. The monoisotopic (exact) mass is 267 g/mol. The first-order valence-electron chi connectivity index (χ1n) is 6.56. The summed E-state index contributed by atoms with van der Waals surface area (Å²) in [6.07, 6.45) is 3.28. The lowest BCUT2D eigenvalue weighted by Crippen LogP contribution is -2.42. The molecule has 1 aromatic heterocycles. The van der Waals surface area contributed by atoms with E-state index in [2.05, 4.69) is 43.0 Å². The maximum Gasteiger partial charge on any atom is 0.237 e. The number of ether oxygens (including phenoxy) is 2. The molecule has 2 atom stereocenters. The second kappa shape index (κ2) is 6.82. The lowest BCUT2D eigenvalue weighted by molar-refractivity contribution is -0.0132. The van der Waals surface area contributed by atoms with Crippen LogP contribution in [0.1, 0.15) is 39.4 Å². The molecule has 0 radical (unpaired) electrons. The molecule has 5 nitrogen and oxygen atoms in total. The maximum atomic E-state index is 5.70. The van der Waals surface area contributed by atoms with Crippen molar-refractivity contribution >= 4 is 0 Å². The number of rotatable bonds is 6. The van der Waals surface area contributed by atoms with E-state index in [0.29, 0.717) is 5.88 Å². The zero-order chi connectivity index (χ0) is 14.5. The van der Waals surface area contributed by atoms with Crippen LogP contribution in [0.15, 0.2) is 12.4 Å². The number of nitrogens with zero attached hydrogens (tertiary/aromatic N) is 2. The number of nitrogens with one attached hydrogen (secondary N) is 1. The Balaban J connectivity index is 3.18. The summed E-state index contributed by atoms with van der Waals surface area (Å²) in [5, 5.41) is 3.42. The number of hydrogen-bond donors (Lipinski definition) is 1. The van der Waals surface area contributed by atoms with E-state index in [0.717, 1.165) is 12.2 Å². The van der Waals surface area contributed by atoms with Gasteiger partial charge in [-0.25, -0.2) is 4.98 Å². The molecule has 0 saturated carbocycles. The van der Waals surface area contributed by atoms with Crippen molar-refractivity contribution in [2.24, 2.45) is 5.41 Å². The van der Waals surface area contributed by atoms with E-state index >= 15 is 0 Å². The Morgan fingerprint density at radius 3 is 2.32 bits per heavy atom. The van der Waals surface area contributed by atoms with Crippen molar-refractivity contribution in [3.63, 3.8) is 0 Å². The van der Waals surface area contributed by atoms with Crippen LogP contribution in [0.25, 0.3) is 0 Å². The van der Waals surface area contributed by atoms with Crippen LogP contribution in [-0.2, 0) is 4.74 Å². The van der Waals surface area contributed by atoms with E-state index in [1.165, 1.54) is 0 Å². The van der Waals surface area contributed by atoms with E-state index in [9.17, 15) is 0 Å². The molecule has 0 fully saturated rings. The summed E-state index contributed by atoms with van der Waals surface area (Å²) in [7, 11) is 3.33. The summed E-state index contributed by atoms with van der Waals surface area (Å²) < 4.78 is 11.0. The molecule has 1 aromatic rings. The molecule has 5 heteroatoms. The van der Waals surface area contributed by atoms with Crippen LogP contribution in [0.4, 0.5) is 0 Å². The van der Waals surface area contributed by atoms with Gasteiger partial charge in [-0.3, -0.25) is 4.98 Å². The van der Waals surface area contributed by atoms with E-state index in [-0.39, 0.29) is 17.6 Å². The van der Waals surface area contributed by atoms with Gasteiger partial charge in [0.25, 0.3) is 0 Å². The minimum Gasteiger partial charge on any atom is -0.480 e. The minimum atomic E-state index is -0.0568. The van der Waals surface area contributed by atoms with E-state index in [1.54, 1.807) is 26.6 Å². The fraction of sp³-hybridized carbons (Fsp3) is 0.714. The standard InChI is InChI=1S/C14H25N3O2/c1-7-15-10(12(18-5)14(2,3)4)11-13(19-6)17-9-8-16-11/h8-10,12,15H,7H2,1-6H3. The summed E-state index contributed by atoms with van der Waals surface area (Å²) in [6, 6.07) is -0.0568. The maximum absolute atomic E-state index is 5.70. The normalized spacial score (nSPS) is 15.1. The van der Waals surface area contributed by atoms with E-state index in [1.807, 2.05) is 0 Å². The summed E-state index contributed by atoms with van der Waals surface area (Å²) in [5.41, 5.74) is 0.762. The first-order valence-corrected chi connectivity index (χ1v) is 6.56. The summed E-state index contributed by atoms with van der Waals surface area (Å²) in [6.45, 7) is 9.32. The fourth-order valence-electron chi connectivity index (χ4n) is 2.26. The highest BCUT2D eigenvalue weighted by molar-refractivity contribution is 5.23. The first kappa shape index (κ1) is 15.9. The Labute approximate surface area is 115 Å². The molecule has 0 aliphatic carbocycles. The molecular weight excluding hydrogens is 242 g/mol. The van der Waals surface area contributed by atoms with Gasteiger partial charge in [0.1, 0.15) is 5.69 Å². The molecule has 0 aliphatic heterocycles. The van der Waals surface area contributed by atoms with Gasteiger partial charge >= 0.3 is 0 Å². The van der Waals surface area contributed by atoms with Crippen LogP contribution < -0.4 is 10.1 Å². The van der Waals surface area contributed by atoms with Crippen molar-refractivity contribution in [1.82, 2.24) is 15.3 Å². The molecule has 0 bridgehead atoms. The van der Waals surface area contributed by atoms with Crippen molar-refractivity contribution < 1.29 is 9.47 Å². The molecule has 0 saturated heterocycles. The third-order valence-electron chi connectivity index (χ3n) is 3.01. The average Bonchev–Trinajstić information content (AvgIpc) is 2.37. The van der Waals surface area contributed by atoms with Gasteiger partial charge in [0.15, 0.2) is 0 Å². The molecule has 108 valence electrons. The Morgan fingerprint density at radius 1 is 1.21 bits per heavy atom. The lowest BCUT2D eigenvalue weighted by Gasteiger charge is -2.36. The van der Waals surface area contributed by atoms with Gasteiger partial charge in [-0.05, 0) is 12.0 Å². The molecule has 0 amide bonds. The molecule has 2 unspecified atom stereocenters. The highest BCUT2D eigenvalue weighted by Gasteiger charge is 2.35. The Bertz CT molecular complexity index is 391. The van der Waals surface area contributed by atoms with E-state index in [4.69, 9.17) is 9.47 Å². The van der Waals surface area contributed by atoms with Crippen molar-refractivity contribution in [2.45, 2.75) is 39.8 Å². The zero-order valence-electron chi connectivity index (χ0n) is 12.7. The topological polar surface area (TPSA) is 56.3 Å². The first-order chi connectivity index (χ1) is 8.95. The van der Waals surface area contributed by atoms with Crippen molar-refractivity contribution in [3.05, 3.63) is 18.1 Å². The molecule has 1 heterocycles. The summed E-state index contributed by atoms with van der Waals surface area (Å²) >= 11 is 0. The van der Waals surface area contributed by atoms with Crippen LogP contribution in [-0.4, -0.2) is 36.8 Å². The zero-order valence-corrected chi connectivity index (χ0v) is 12.7. The Hall–Kier alpha value is -1.20. The van der Waals surface area contributed by atoms with Gasteiger partial charge in [0.05, 0.1) is 19.3 Å². The van der Waals surface area contributed by atoms with Gasteiger partial charge < -0.3 is 14.8 Å². The van der Waals surface area contributed by atoms with Crippen LogP contribution in [0, 0.1) is 5.41 Å². The second-order valence-electron chi connectivity index (χ2n) is 5.51. The van der Waals surface area contributed by atoms with Crippen molar-refractivity contribution in [3.8, 4) is 5.88 Å². The SMILES string of the molecule is CCNC(c1nccnc1OC)C(OC)C(C)(C)C. The van der Waals surface area contributed by atoms with E-state index < -0.39 is 0 Å². The van der Waals surface area contributed by atoms with Gasteiger partial charge in [-0.2, -0.15) is 0 Å². The van der Waals surface area contributed by atoms with Gasteiger partial charge in [-0.15, -0.1) is 0 Å². The lowest BCUT2D eigenvalue weighted by atomic mass is 9.83. The molecule has 1 N–H and O–H groups in total. The van der Waals surface area contributed by atoms with Crippen LogP contribution in [0.2, 0.25) is 0 Å². The molecular formula is C14H25N3O2. The predicted octanol–water partition coefficient (Wildman–Crippen LogP) is 2.20. The quantitative estimate of drug-likeness (QED) is 0.856. The number of likely N-dealkylation sites (N-methyl/N-ethyl adjacent to an activating group) is 1. The van der Waals surface area contributed by atoms with Crippen LogP contribution in [0.3, 0.4) is 0 Å². The molecule has 0 aromatic carbocycles. The summed E-state index contributed by atoms with van der Waals surface area (Å²) in [5.74, 6) is 0.541. The Morgan fingerprint density at radius 2 is 1.84 bits per heavy atom. The molecule has 0 aliphatic rings. The second-order valence-corrected chi connectivity index (χ2v) is 5.51. The highest BCUT2D eigenvalue weighted by Crippen LogP contribution is 2.34. The average molecular weight is 267 g/mol. The van der Waals surface area contributed by atoms with Gasteiger partial charge in [-0.1, -0.05) is 27.7 Å². The van der Waals surface area contributed by atoms with Gasteiger partial charge in [0.2, 0.25) is 5.88 Å². The Kier molecular flexibility index (Phi) is 5.69. The smallest absolute Gasteiger partial charge is 0.237 e. The highest BCUT2D eigenvalue weighted by atomic mass is 16.5. The van der Waals surface area contributed by atoms with Crippen molar-refractivity contribution in [1.29, 1.82) is 0 Å².